The predicted octanol–water partition coefficient (Wildman–Crippen LogP) is 2.52. The number of nitrogens with zero attached hydrogens (tertiary/aromatic N) is 1. The number of aliphatic imine (C=N–C) groups is 1. The molecule has 0 aliphatic rings. The molecule has 0 saturated carbocycles. The lowest BCUT2D eigenvalue weighted by atomic mass is 10.2. The van der Waals surface area contributed by atoms with E-state index < -0.39 is 0 Å². The topological polar surface area (TPSA) is 38.4 Å². The molecule has 0 unspecified atom stereocenters. The Bertz CT molecular complexity index is 446. The van der Waals surface area contributed by atoms with Crippen molar-refractivity contribution in [2.45, 2.75) is 0 Å². The second kappa shape index (κ2) is 4.42. The van der Waals surface area contributed by atoms with Crippen molar-refractivity contribution < 1.29 is 0 Å². The lowest BCUT2D eigenvalue weighted by Crippen LogP contribution is -2.12. The van der Waals surface area contributed by atoms with Gasteiger partial charge >= 0.3 is 0 Å². The average molecular weight is 195 g/mol. The Morgan fingerprint density at radius 1 is 1.00 bits per heavy atom. The van der Waals surface area contributed by atoms with Gasteiger partial charge in [0.1, 0.15) is 5.84 Å². The van der Waals surface area contributed by atoms with Gasteiger partial charge in [-0.3, -0.25) is 0 Å². The molecule has 0 atom stereocenters. The zero-order valence-electron chi connectivity index (χ0n) is 8.22. The van der Waals surface area contributed by atoms with Crippen LogP contribution < -0.4 is 5.73 Å². The van der Waals surface area contributed by atoms with Crippen LogP contribution in [-0.2, 0) is 0 Å². The summed E-state index contributed by atoms with van der Waals surface area (Å²) in [5.74, 6) is 0.523. The van der Waals surface area contributed by atoms with Crippen LogP contribution in [0.3, 0.4) is 0 Å². The van der Waals surface area contributed by atoms with Gasteiger partial charge in [0.2, 0.25) is 0 Å². The van der Waals surface area contributed by atoms with E-state index in [1.807, 2.05) is 54.6 Å². The maximum absolute atomic E-state index is 5.86. The van der Waals surface area contributed by atoms with E-state index >= 15 is 0 Å². The molecule has 0 aromatic heterocycles. The average Bonchev–Trinajstić information content (AvgIpc) is 2.31. The number of benzene rings is 2. The molecule has 0 bridgehead atoms. The molecule has 15 heavy (non-hydrogen) atoms. The van der Waals surface area contributed by atoms with Gasteiger partial charge in [-0.15, -0.1) is 0 Å². The van der Waals surface area contributed by atoms with Crippen LogP contribution in [0, 0.1) is 6.07 Å². The van der Waals surface area contributed by atoms with E-state index in [4.69, 9.17) is 5.73 Å². The van der Waals surface area contributed by atoms with Crippen LogP contribution in [0.1, 0.15) is 5.56 Å². The third-order valence-electron chi connectivity index (χ3n) is 2.02. The summed E-state index contributed by atoms with van der Waals surface area (Å²) in [6, 6.07) is 20.0. The van der Waals surface area contributed by atoms with Crippen LogP contribution in [0.2, 0.25) is 0 Å². The monoisotopic (exact) mass is 195 g/mol. The third kappa shape index (κ3) is 2.44. The van der Waals surface area contributed by atoms with Gasteiger partial charge in [0.15, 0.2) is 0 Å². The predicted molar refractivity (Wildman–Crippen MR) is 62.1 cm³/mol. The summed E-state index contributed by atoms with van der Waals surface area (Å²) in [5.41, 5.74) is 7.64. The van der Waals surface area contributed by atoms with Crippen molar-refractivity contribution >= 4 is 11.5 Å². The maximum Gasteiger partial charge on any atom is 0.131 e. The highest BCUT2D eigenvalue weighted by molar-refractivity contribution is 5.98. The van der Waals surface area contributed by atoms with Crippen LogP contribution >= 0.6 is 0 Å². The zero-order chi connectivity index (χ0) is 10.5. The summed E-state index contributed by atoms with van der Waals surface area (Å²) in [5, 5.41) is 0. The summed E-state index contributed by atoms with van der Waals surface area (Å²) in [7, 11) is 0. The molecule has 2 nitrogen and oxygen atoms in total. The second-order valence-electron chi connectivity index (χ2n) is 3.12. The van der Waals surface area contributed by atoms with Crippen LogP contribution in [0.15, 0.2) is 59.6 Å². The first-order chi connectivity index (χ1) is 7.36. The molecule has 0 aliphatic carbocycles. The highest BCUT2D eigenvalue weighted by Crippen LogP contribution is 2.11. The second-order valence-corrected chi connectivity index (χ2v) is 3.12. The van der Waals surface area contributed by atoms with Gasteiger partial charge in [0, 0.05) is 5.56 Å². The summed E-state index contributed by atoms with van der Waals surface area (Å²) in [4.78, 5) is 4.31. The standard InChI is InChI=1S/C13H11N2/c14-13(11-7-3-1-4-8-11)15-12-9-5-2-6-10-12/h2-10H,(H2,14,15). The van der Waals surface area contributed by atoms with Gasteiger partial charge in [-0.25, -0.2) is 4.99 Å². The normalized spacial score (nSPS) is 11.3. The molecule has 2 aromatic carbocycles. The Morgan fingerprint density at radius 3 is 2.33 bits per heavy atom. The summed E-state index contributed by atoms with van der Waals surface area (Å²) in [6.45, 7) is 0. The number of nitrogens with two attached hydrogens (primary N) is 1. The van der Waals surface area contributed by atoms with Crippen molar-refractivity contribution in [3.8, 4) is 0 Å². The summed E-state index contributed by atoms with van der Waals surface area (Å²) < 4.78 is 0. The molecule has 0 fully saturated rings. The minimum Gasteiger partial charge on any atom is -0.383 e. The molecule has 0 heterocycles. The first-order valence-electron chi connectivity index (χ1n) is 4.72. The molecule has 0 spiro atoms. The Balaban J connectivity index is 2.29. The number of amidine groups is 1. The number of hydrogen-bond acceptors (Lipinski definition) is 1. The molecule has 0 amide bonds. The van der Waals surface area contributed by atoms with Crippen molar-refractivity contribution in [3.05, 3.63) is 66.2 Å². The molecule has 1 radical (unpaired) electrons. The fourth-order valence-corrected chi connectivity index (χ4v) is 1.26. The molecule has 2 aromatic rings. The SMILES string of the molecule is NC(=Nc1ccccc1)c1cc[c]cc1. The quantitative estimate of drug-likeness (QED) is 0.580. The van der Waals surface area contributed by atoms with Gasteiger partial charge in [-0.2, -0.15) is 0 Å². The van der Waals surface area contributed by atoms with Crippen molar-refractivity contribution in [1.82, 2.24) is 0 Å². The number of rotatable bonds is 2. The van der Waals surface area contributed by atoms with Gasteiger partial charge in [-0.05, 0) is 18.2 Å². The van der Waals surface area contributed by atoms with E-state index in [1.165, 1.54) is 0 Å². The van der Waals surface area contributed by atoms with Gasteiger partial charge < -0.3 is 5.73 Å². The minimum absolute atomic E-state index is 0.523. The molecule has 0 saturated heterocycles. The summed E-state index contributed by atoms with van der Waals surface area (Å²) in [6.07, 6.45) is 0. The highest BCUT2D eigenvalue weighted by atomic mass is 14.9. The van der Waals surface area contributed by atoms with E-state index in [1.54, 1.807) is 0 Å². The Hall–Kier alpha value is -2.09. The van der Waals surface area contributed by atoms with Crippen molar-refractivity contribution in [1.29, 1.82) is 0 Å². The lowest BCUT2D eigenvalue weighted by molar-refractivity contribution is 1.45. The largest absolute Gasteiger partial charge is 0.383 e. The summed E-state index contributed by atoms with van der Waals surface area (Å²) >= 11 is 0. The smallest absolute Gasteiger partial charge is 0.131 e. The highest BCUT2D eigenvalue weighted by Gasteiger charge is 1.96. The van der Waals surface area contributed by atoms with Crippen molar-refractivity contribution in [2.24, 2.45) is 10.7 Å². The van der Waals surface area contributed by atoms with Gasteiger partial charge in [-0.1, -0.05) is 42.5 Å². The fourth-order valence-electron chi connectivity index (χ4n) is 1.26. The van der Waals surface area contributed by atoms with Crippen LogP contribution in [-0.4, -0.2) is 5.84 Å². The molecule has 2 rings (SSSR count). The minimum atomic E-state index is 0.523. The lowest BCUT2D eigenvalue weighted by Gasteiger charge is -1.99. The van der Waals surface area contributed by atoms with E-state index in [0.29, 0.717) is 5.84 Å². The van der Waals surface area contributed by atoms with Crippen LogP contribution in [0.4, 0.5) is 5.69 Å². The number of para-hydroxylation sites is 1. The molecule has 2 N–H and O–H groups in total. The maximum atomic E-state index is 5.86. The first-order valence-corrected chi connectivity index (χ1v) is 4.72. The molecule has 73 valence electrons. The Labute approximate surface area is 89.1 Å². The third-order valence-corrected chi connectivity index (χ3v) is 2.02. The van der Waals surface area contributed by atoms with Gasteiger partial charge in [0.25, 0.3) is 0 Å². The van der Waals surface area contributed by atoms with Crippen molar-refractivity contribution in [2.75, 3.05) is 0 Å². The van der Waals surface area contributed by atoms with E-state index in [0.717, 1.165) is 11.3 Å². The van der Waals surface area contributed by atoms with E-state index in [9.17, 15) is 0 Å². The Kier molecular flexibility index (Phi) is 2.79. The zero-order valence-corrected chi connectivity index (χ0v) is 8.22. The molecular weight excluding hydrogens is 184 g/mol. The molecule has 0 aliphatic heterocycles. The number of hydrogen-bond donors (Lipinski definition) is 1. The first kappa shape index (κ1) is 9.46. The fraction of sp³-hybridized carbons (Fsp3) is 0. The molecular formula is C13H11N2. The van der Waals surface area contributed by atoms with Gasteiger partial charge in [0.05, 0.1) is 5.69 Å². The Morgan fingerprint density at radius 2 is 1.67 bits per heavy atom. The van der Waals surface area contributed by atoms with Crippen molar-refractivity contribution in [3.63, 3.8) is 0 Å². The van der Waals surface area contributed by atoms with E-state index in [2.05, 4.69) is 11.1 Å². The van der Waals surface area contributed by atoms with E-state index in [-0.39, 0.29) is 0 Å². The molecule has 2 heteroatoms. The van der Waals surface area contributed by atoms with Crippen LogP contribution in [0.5, 0.6) is 0 Å². The van der Waals surface area contributed by atoms with Crippen LogP contribution in [0.25, 0.3) is 0 Å².